The van der Waals surface area contributed by atoms with Crippen LogP contribution >= 0.6 is 15.9 Å². The summed E-state index contributed by atoms with van der Waals surface area (Å²) in [7, 11) is 1.71. The van der Waals surface area contributed by atoms with Gasteiger partial charge in [-0.2, -0.15) is 0 Å². The van der Waals surface area contributed by atoms with Crippen LogP contribution in [0, 0.1) is 0 Å². The first-order valence-corrected chi connectivity index (χ1v) is 4.28. The maximum absolute atomic E-state index is 4.92. The Hall–Kier alpha value is -0.350. The highest BCUT2D eigenvalue weighted by Gasteiger charge is 1.93. The smallest absolute Gasteiger partial charge is 0.124 e. The van der Waals surface area contributed by atoms with Crippen molar-refractivity contribution in [3.63, 3.8) is 0 Å². The molecule has 1 rings (SSSR count). The van der Waals surface area contributed by atoms with Crippen LogP contribution in [0.15, 0.2) is 17.1 Å². The van der Waals surface area contributed by atoms with Crippen molar-refractivity contribution in [3.05, 3.63) is 17.1 Å². The van der Waals surface area contributed by atoms with E-state index in [1.54, 1.807) is 13.4 Å². The Kier molecular flexibility index (Phi) is 3.59. The Labute approximate surface area is 74.5 Å². The highest BCUT2D eigenvalue weighted by molar-refractivity contribution is 9.10. The second-order valence-electron chi connectivity index (χ2n) is 2.28. The Morgan fingerprint density at radius 2 is 2.55 bits per heavy atom. The first kappa shape index (κ1) is 8.74. The number of ether oxygens (including phenoxy) is 1. The molecular weight excluding hydrogens is 208 g/mol. The predicted octanol–water partition coefficient (Wildman–Crippen LogP) is 1.68. The van der Waals surface area contributed by atoms with Crippen LogP contribution in [0.3, 0.4) is 0 Å². The van der Waals surface area contributed by atoms with Gasteiger partial charge in [-0.1, -0.05) is 0 Å². The summed E-state index contributed by atoms with van der Waals surface area (Å²) in [5.41, 5.74) is 0. The van der Waals surface area contributed by atoms with E-state index in [9.17, 15) is 0 Å². The largest absolute Gasteiger partial charge is 0.385 e. The van der Waals surface area contributed by atoms with Gasteiger partial charge < -0.3 is 9.30 Å². The van der Waals surface area contributed by atoms with Gasteiger partial charge in [-0.25, -0.2) is 4.98 Å². The molecule has 1 aromatic heterocycles. The van der Waals surface area contributed by atoms with Crippen molar-refractivity contribution >= 4 is 15.9 Å². The lowest BCUT2D eigenvalue weighted by Gasteiger charge is -1.99. The van der Waals surface area contributed by atoms with Crippen molar-refractivity contribution in [2.24, 2.45) is 0 Å². The fourth-order valence-electron chi connectivity index (χ4n) is 0.847. The molecule has 62 valence electrons. The van der Waals surface area contributed by atoms with Crippen molar-refractivity contribution in [1.29, 1.82) is 0 Å². The third-order valence-electron chi connectivity index (χ3n) is 1.37. The van der Waals surface area contributed by atoms with Gasteiger partial charge in [0, 0.05) is 26.5 Å². The van der Waals surface area contributed by atoms with E-state index in [-0.39, 0.29) is 0 Å². The molecule has 4 heteroatoms. The number of imidazole rings is 1. The molecule has 0 aliphatic heterocycles. The molecule has 0 aliphatic carbocycles. The number of aromatic nitrogens is 2. The highest BCUT2D eigenvalue weighted by atomic mass is 79.9. The van der Waals surface area contributed by atoms with Crippen molar-refractivity contribution in [3.8, 4) is 0 Å². The van der Waals surface area contributed by atoms with Crippen molar-refractivity contribution in [1.82, 2.24) is 9.55 Å². The minimum Gasteiger partial charge on any atom is -0.385 e. The zero-order valence-corrected chi connectivity index (χ0v) is 8.04. The number of hydrogen-bond donors (Lipinski definition) is 0. The first-order chi connectivity index (χ1) is 5.33. The summed E-state index contributed by atoms with van der Waals surface area (Å²) in [5, 5.41) is 0. The number of rotatable bonds is 4. The van der Waals surface area contributed by atoms with Crippen LogP contribution in [-0.4, -0.2) is 23.3 Å². The molecule has 0 bridgehead atoms. The molecule has 0 unspecified atom stereocenters. The molecule has 11 heavy (non-hydrogen) atoms. The zero-order valence-electron chi connectivity index (χ0n) is 6.46. The number of aryl methyl sites for hydroxylation is 1. The summed E-state index contributed by atoms with van der Waals surface area (Å²) < 4.78 is 7.84. The van der Waals surface area contributed by atoms with Gasteiger partial charge in [0.05, 0.1) is 6.33 Å². The minimum atomic E-state index is 0.801. The minimum absolute atomic E-state index is 0.801. The van der Waals surface area contributed by atoms with Gasteiger partial charge in [0.2, 0.25) is 0 Å². The Morgan fingerprint density at radius 1 is 1.73 bits per heavy atom. The predicted molar refractivity (Wildman–Crippen MR) is 46.4 cm³/mol. The first-order valence-electron chi connectivity index (χ1n) is 3.49. The molecule has 0 atom stereocenters. The second-order valence-corrected chi connectivity index (χ2v) is 3.09. The summed E-state index contributed by atoms with van der Waals surface area (Å²) in [6.45, 7) is 1.77. The molecule has 0 radical (unpaired) electrons. The van der Waals surface area contributed by atoms with E-state index in [1.165, 1.54) is 0 Å². The fraction of sp³-hybridized carbons (Fsp3) is 0.571. The standard InChI is InChI=1S/C7H11BrN2O/c1-11-4-2-3-10-5-7(8)9-6-10/h5-6H,2-4H2,1H3. The molecule has 0 aliphatic rings. The lowest BCUT2D eigenvalue weighted by atomic mass is 10.4. The number of methoxy groups -OCH3 is 1. The molecule has 1 heterocycles. The van der Waals surface area contributed by atoms with Gasteiger partial charge in [-0.3, -0.25) is 0 Å². The molecule has 0 amide bonds. The zero-order chi connectivity index (χ0) is 8.10. The fourth-order valence-corrected chi connectivity index (χ4v) is 1.20. The van der Waals surface area contributed by atoms with Gasteiger partial charge in [-0.05, 0) is 22.4 Å². The van der Waals surface area contributed by atoms with Crippen LogP contribution in [-0.2, 0) is 11.3 Å². The summed E-state index contributed by atoms with van der Waals surface area (Å²) in [5.74, 6) is 0. The molecule has 0 aromatic carbocycles. The third-order valence-corrected chi connectivity index (χ3v) is 1.78. The lowest BCUT2D eigenvalue weighted by Crippen LogP contribution is -1.98. The number of hydrogen-bond acceptors (Lipinski definition) is 2. The quantitative estimate of drug-likeness (QED) is 0.720. The highest BCUT2D eigenvalue weighted by Crippen LogP contribution is 2.04. The molecule has 1 aromatic rings. The SMILES string of the molecule is COCCCn1cnc(Br)c1. The average molecular weight is 219 g/mol. The molecule has 0 spiro atoms. The summed E-state index contributed by atoms with van der Waals surface area (Å²) >= 11 is 3.28. The van der Waals surface area contributed by atoms with Crippen LogP contribution in [0.2, 0.25) is 0 Å². The second kappa shape index (κ2) is 4.51. The summed E-state index contributed by atoms with van der Waals surface area (Å²) in [6, 6.07) is 0. The van der Waals surface area contributed by atoms with Gasteiger partial charge >= 0.3 is 0 Å². The number of halogens is 1. The van der Waals surface area contributed by atoms with Crippen LogP contribution in [0.5, 0.6) is 0 Å². The van der Waals surface area contributed by atoms with Crippen LogP contribution < -0.4 is 0 Å². The van der Waals surface area contributed by atoms with Crippen LogP contribution in [0.4, 0.5) is 0 Å². The van der Waals surface area contributed by atoms with E-state index in [1.807, 2.05) is 10.8 Å². The van der Waals surface area contributed by atoms with Gasteiger partial charge in [0.25, 0.3) is 0 Å². The van der Waals surface area contributed by atoms with Crippen molar-refractivity contribution in [2.45, 2.75) is 13.0 Å². The van der Waals surface area contributed by atoms with Gasteiger partial charge in [0.15, 0.2) is 0 Å². The van der Waals surface area contributed by atoms with Gasteiger partial charge in [0.1, 0.15) is 4.60 Å². The maximum atomic E-state index is 4.92. The van der Waals surface area contributed by atoms with E-state index >= 15 is 0 Å². The Balaban J connectivity index is 2.27. The molecular formula is C7H11BrN2O. The van der Waals surface area contributed by atoms with Crippen LogP contribution in [0.1, 0.15) is 6.42 Å². The molecule has 0 N–H and O–H groups in total. The topological polar surface area (TPSA) is 27.1 Å². The van der Waals surface area contributed by atoms with E-state index in [0.717, 1.165) is 24.2 Å². The summed E-state index contributed by atoms with van der Waals surface area (Å²) in [6.07, 6.45) is 4.79. The Morgan fingerprint density at radius 3 is 3.09 bits per heavy atom. The molecule has 0 saturated carbocycles. The normalized spacial score (nSPS) is 10.4. The molecule has 3 nitrogen and oxygen atoms in total. The summed E-state index contributed by atoms with van der Waals surface area (Å²) in [4.78, 5) is 4.03. The van der Waals surface area contributed by atoms with Crippen molar-refractivity contribution < 1.29 is 4.74 Å². The van der Waals surface area contributed by atoms with E-state index < -0.39 is 0 Å². The van der Waals surface area contributed by atoms with E-state index in [0.29, 0.717) is 0 Å². The maximum Gasteiger partial charge on any atom is 0.124 e. The average Bonchev–Trinajstić information content (AvgIpc) is 2.37. The third kappa shape index (κ3) is 3.03. The Bertz CT molecular complexity index is 212. The van der Waals surface area contributed by atoms with Crippen molar-refractivity contribution in [2.75, 3.05) is 13.7 Å². The van der Waals surface area contributed by atoms with E-state index in [4.69, 9.17) is 4.74 Å². The molecule has 0 fully saturated rings. The lowest BCUT2D eigenvalue weighted by molar-refractivity contribution is 0.190. The van der Waals surface area contributed by atoms with E-state index in [2.05, 4.69) is 20.9 Å². The van der Waals surface area contributed by atoms with Crippen LogP contribution in [0.25, 0.3) is 0 Å². The monoisotopic (exact) mass is 218 g/mol. The van der Waals surface area contributed by atoms with Gasteiger partial charge in [-0.15, -0.1) is 0 Å². The molecule has 0 saturated heterocycles. The number of nitrogens with zero attached hydrogens (tertiary/aromatic N) is 2.